The van der Waals surface area contributed by atoms with Gasteiger partial charge in [-0.2, -0.15) is 5.10 Å². The van der Waals surface area contributed by atoms with Gasteiger partial charge in [-0.25, -0.2) is 9.31 Å². The molecular formula is C21H16N2O2S. The van der Waals surface area contributed by atoms with Crippen LogP contribution in [0.4, 0.5) is 0 Å². The van der Waals surface area contributed by atoms with Gasteiger partial charge in [0.15, 0.2) is 0 Å². The first-order valence-electron chi connectivity index (χ1n) is 8.13. The van der Waals surface area contributed by atoms with Crippen LogP contribution in [0.2, 0.25) is 0 Å². The Bertz CT molecular complexity index is 1090. The molecule has 0 amide bonds. The normalized spacial score (nSPS) is 11.0. The minimum Gasteiger partial charge on any atom is -0.478 e. The molecule has 0 bridgehead atoms. The number of benzene rings is 2. The molecule has 0 saturated carbocycles. The van der Waals surface area contributed by atoms with Crippen LogP contribution < -0.4 is 0 Å². The topological polar surface area (TPSA) is 54.6 Å². The van der Waals surface area contributed by atoms with Crippen molar-refractivity contribution in [2.45, 2.75) is 4.90 Å². The number of thioether (sulfide) groups is 1. The second kappa shape index (κ2) is 6.69. The van der Waals surface area contributed by atoms with Crippen LogP contribution in [0.1, 0.15) is 10.4 Å². The number of pyridine rings is 1. The third kappa shape index (κ3) is 2.86. The molecule has 0 aliphatic carbocycles. The SMILES string of the molecule is CSc1ccc(-c2c(-c3ccccc3)nn3cc(C(=O)O)ccc23)cc1. The minimum absolute atomic E-state index is 0.212. The molecule has 0 aliphatic rings. The average molecular weight is 360 g/mol. The van der Waals surface area contributed by atoms with Gasteiger partial charge in [-0.15, -0.1) is 11.8 Å². The summed E-state index contributed by atoms with van der Waals surface area (Å²) in [5.41, 5.74) is 4.98. The van der Waals surface area contributed by atoms with Crippen LogP contribution in [0, 0.1) is 0 Å². The molecule has 0 unspecified atom stereocenters. The Morgan fingerprint density at radius 1 is 0.962 bits per heavy atom. The van der Waals surface area contributed by atoms with Gasteiger partial charge in [0, 0.05) is 22.2 Å². The summed E-state index contributed by atoms with van der Waals surface area (Å²) in [7, 11) is 0. The average Bonchev–Trinajstić information content (AvgIpc) is 3.07. The van der Waals surface area contributed by atoms with Crippen LogP contribution in [-0.4, -0.2) is 26.9 Å². The summed E-state index contributed by atoms with van der Waals surface area (Å²) in [5.74, 6) is -0.963. The summed E-state index contributed by atoms with van der Waals surface area (Å²) in [6.07, 6.45) is 3.61. The Hall–Kier alpha value is -3.05. The van der Waals surface area contributed by atoms with Gasteiger partial charge in [-0.05, 0) is 36.1 Å². The lowest BCUT2D eigenvalue weighted by atomic mass is 10.00. The molecule has 128 valence electrons. The Balaban J connectivity index is 1.99. The number of aromatic nitrogens is 2. The zero-order valence-corrected chi connectivity index (χ0v) is 14.9. The first-order valence-corrected chi connectivity index (χ1v) is 9.35. The van der Waals surface area contributed by atoms with Crippen molar-refractivity contribution in [3.05, 3.63) is 78.5 Å². The van der Waals surface area contributed by atoms with Crippen molar-refractivity contribution in [2.75, 3.05) is 6.26 Å². The highest BCUT2D eigenvalue weighted by molar-refractivity contribution is 7.98. The van der Waals surface area contributed by atoms with E-state index in [1.807, 2.05) is 42.7 Å². The summed E-state index contributed by atoms with van der Waals surface area (Å²) >= 11 is 1.70. The molecule has 4 aromatic rings. The highest BCUT2D eigenvalue weighted by Gasteiger charge is 2.17. The fraction of sp³-hybridized carbons (Fsp3) is 0.0476. The predicted octanol–water partition coefficient (Wildman–Crippen LogP) is 5.09. The quantitative estimate of drug-likeness (QED) is 0.515. The van der Waals surface area contributed by atoms with Gasteiger partial charge in [0.2, 0.25) is 0 Å². The third-order valence-corrected chi connectivity index (χ3v) is 5.05. The maximum atomic E-state index is 11.3. The van der Waals surface area contributed by atoms with E-state index in [0.717, 1.165) is 27.9 Å². The molecule has 2 aromatic carbocycles. The highest BCUT2D eigenvalue weighted by atomic mass is 32.2. The predicted molar refractivity (Wildman–Crippen MR) is 105 cm³/mol. The number of hydrogen-bond donors (Lipinski definition) is 1. The third-order valence-electron chi connectivity index (χ3n) is 4.30. The van der Waals surface area contributed by atoms with E-state index in [0.29, 0.717) is 0 Å². The number of carbonyl (C=O) groups is 1. The monoisotopic (exact) mass is 360 g/mol. The smallest absolute Gasteiger partial charge is 0.337 e. The Morgan fingerprint density at radius 2 is 1.69 bits per heavy atom. The Kier molecular flexibility index (Phi) is 4.22. The zero-order valence-electron chi connectivity index (χ0n) is 14.1. The van der Waals surface area contributed by atoms with E-state index < -0.39 is 5.97 Å². The molecule has 2 aromatic heterocycles. The highest BCUT2D eigenvalue weighted by Crippen LogP contribution is 2.35. The lowest BCUT2D eigenvalue weighted by Crippen LogP contribution is -1.99. The first kappa shape index (κ1) is 16.4. The van der Waals surface area contributed by atoms with Crippen molar-refractivity contribution in [3.63, 3.8) is 0 Å². The summed E-state index contributed by atoms with van der Waals surface area (Å²) < 4.78 is 1.66. The van der Waals surface area contributed by atoms with Gasteiger partial charge in [0.1, 0.15) is 5.69 Å². The standard InChI is InChI=1S/C21H16N2O2S/c1-26-17-10-7-14(8-11-17)19-18-12-9-16(21(24)25)13-23(18)22-20(19)15-5-3-2-4-6-15/h2-13H,1H3,(H,24,25). The van der Waals surface area contributed by atoms with Gasteiger partial charge in [0.05, 0.1) is 11.1 Å². The number of hydrogen-bond acceptors (Lipinski definition) is 3. The van der Waals surface area contributed by atoms with Gasteiger partial charge < -0.3 is 5.11 Å². The van der Waals surface area contributed by atoms with E-state index in [1.54, 1.807) is 28.5 Å². The summed E-state index contributed by atoms with van der Waals surface area (Å²) in [4.78, 5) is 12.5. The summed E-state index contributed by atoms with van der Waals surface area (Å²) in [6.45, 7) is 0. The van der Waals surface area contributed by atoms with Crippen LogP contribution in [0.25, 0.3) is 27.9 Å². The molecule has 5 heteroatoms. The molecular weight excluding hydrogens is 344 g/mol. The molecule has 0 spiro atoms. The van der Waals surface area contributed by atoms with E-state index >= 15 is 0 Å². The van der Waals surface area contributed by atoms with E-state index in [9.17, 15) is 9.90 Å². The molecule has 4 nitrogen and oxygen atoms in total. The van der Waals surface area contributed by atoms with E-state index in [-0.39, 0.29) is 5.56 Å². The van der Waals surface area contributed by atoms with E-state index in [1.165, 1.54) is 4.90 Å². The largest absolute Gasteiger partial charge is 0.478 e. The Labute approximate surface area is 155 Å². The van der Waals surface area contributed by atoms with Gasteiger partial charge >= 0.3 is 5.97 Å². The fourth-order valence-corrected chi connectivity index (χ4v) is 3.42. The van der Waals surface area contributed by atoms with Crippen molar-refractivity contribution < 1.29 is 9.90 Å². The molecule has 0 fully saturated rings. The number of carboxylic acid groups (broad SMARTS) is 1. The van der Waals surface area contributed by atoms with Crippen LogP contribution in [0.5, 0.6) is 0 Å². The van der Waals surface area contributed by atoms with Crippen LogP contribution in [0.3, 0.4) is 0 Å². The number of fused-ring (bicyclic) bond motifs is 1. The number of aromatic carboxylic acids is 1. The molecule has 0 saturated heterocycles. The van der Waals surface area contributed by atoms with Crippen molar-refractivity contribution >= 4 is 23.2 Å². The fourth-order valence-electron chi connectivity index (χ4n) is 3.02. The van der Waals surface area contributed by atoms with Crippen LogP contribution in [0.15, 0.2) is 77.8 Å². The minimum atomic E-state index is -0.963. The molecule has 26 heavy (non-hydrogen) atoms. The van der Waals surface area contributed by atoms with Gasteiger partial charge in [-0.3, -0.25) is 0 Å². The molecule has 4 rings (SSSR count). The molecule has 1 N–H and O–H groups in total. The lowest BCUT2D eigenvalue weighted by Gasteiger charge is -2.05. The van der Waals surface area contributed by atoms with Crippen LogP contribution >= 0.6 is 11.8 Å². The lowest BCUT2D eigenvalue weighted by molar-refractivity contribution is 0.0696. The van der Waals surface area contributed by atoms with E-state index in [4.69, 9.17) is 5.10 Å². The first-order chi connectivity index (χ1) is 12.7. The maximum absolute atomic E-state index is 11.3. The molecule has 2 heterocycles. The number of rotatable bonds is 4. The number of nitrogens with zero attached hydrogens (tertiary/aromatic N) is 2. The second-order valence-corrected chi connectivity index (χ2v) is 6.75. The second-order valence-electron chi connectivity index (χ2n) is 5.87. The summed E-state index contributed by atoms with van der Waals surface area (Å²) in [6, 6.07) is 21.7. The van der Waals surface area contributed by atoms with Crippen molar-refractivity contribution in [3.8, 4) is 22.4 Å². The maximum Gasteiger partial charge on any atom is 0.337 e. The molecule has 0 atom stereocenters. The van der Waals surface area contributed by atoms with Crippen molar-refractivity contribution in [2.24, 2.45) is 0 Å². The van der Waals surface area contributed by atoms with Crippen molar-refractivity contribution in [1.82, 2.24) is 9.61 Å². The number of carboxylic acids is 1. The summed E-state index contributed by atoms with van der Waals surface area (Å²) in [5, 5.41) is 14.0. The molecule has 0 radical (unpaired) electrons. The van der Waals surface area contributed by atoms with Crippen molar-refractivity contribution in [1.29, 1.82) is 0 Å². The molecule has 0 aliphatic heterocycles. The zero-order chi connectivity index (χ0) is 18.1. The van der Waals surface area contributed by atoms with Gasteiger partial charge in [0.25, 0.3) is 0 Å². The van der Waals surface area contributed by atoms with Gasteiger partial charge in [-0.1, -0.05) is 42.5 Å². The van der Waals surface area contributed by atoms with E-state index in [2.05, 4.69) is 24.3 Å². The van der Waals surface area contributed by atoms with Crippen LogP contribution in [-0.2, 0) is 0 Å². The Morgan fingerprint density at radius 3 is 2.35 bits per heavy atom.